The summed E-state index contributed by atoms with van der Waals surface area (Å²) in [6, 6.07) is 2.02. The molecule has 0 aliphatic heterocycles. The van der Waals surface area contributed by atoms with Crippen molar-refractivity contribution in [3.8, 4) is 0 Å². The molecule has 0 radical (unpaired) electrons. The fourth-order valence-electron chi connectivity index (χ4n) is 2.46. The van der Waals surface area contributed by atoms with Gasteiger partial charge in [0.25, 0.3) is 0 Å². The Balaban J connectivity index is 1.69. The topological polar surface area (TPSA) is 108 Å². The maximum atomic E-state index is 11.8. The van der Waals surface area contributed by atoms with Crippen molar-refractivity contribution in [1.82, 2.24) is 24.9 Å². The van der Waals surface area contributed by atoms with Crippen molar-refractivity contribution >= 4 is 11.6 Å². The highest BCUT2D eigenvalue weighted by Gasteiger charge is 2.15. The van der Waals surface area contributed by atoms with Gasteiger partial charge in [0.15, 0.2) is 0 Å². The molecule has 0 aromatic carbocycles. The largest absolute Gasteiger partial charge is 0.356 e. The van der Waals surface area contributed by atoms with Crippen LogP contribution in [0.4, 0.5) is 5.69 Å². The fraction of sp³-hybridized carbons (Fsp3) is 0.533. The Morgan fingerprint density at radius 1 is 1.29 bits per heavy atom. The maximum absolute atomic E-state index is 11.8. The van der Waals surface area contributed by atoms with Crippen LogP contribution >= 0.6 is 0 Å². The monoisotopic (exact) mass is 334 g/mol. The first-order chi connectivity index (χ1) is 11.4. The van der Waals surface area contributed by atoms with Crippen molar-refractivity contribution in [1.29, 1.82) is 0 Å². The van der Waals surface area contributed by atoms with Crippen LogP contribution in [-0.2, 0) is 17.9 Å². The zero-order valence-electron chi connectivity index (χ0n) is 14.2. The number of hydrogen-bond acceptors (Lipinski definition) is 5. The highest BCUT2D eigenvalue weighted by atomic mass is 16.6. The van der Waals surface area contributed by atoms with E-state index in [1.807, 2.05) is 24.6 Å². The van der Waals surface area contributed by atoms with Crippen LogP contribution in [0.15, 0.2) is 12.3 Å². The van der Waals surface area contributed by atoms with Crippen molar-refractivity contribution in [2.45, 2.75) is 46.7 Å². The third-order valence-electron chi connectivity index (χ3n) is 3.66. The number of aryl methyl sites for hydroxylation is 5. The second kappa shape index (κ2) is 7.71. The molecule has 0 aliphatic carbocycles. The van der Waals surface area contributed by atoms with E-state index in [2.05, 4.69) is 15.5 Å². The Labute approximate surface area is 139 Å². The first kappa shape index (κ1) is 17.6. The summed E-state index contributed by atoms with van der Waals surface area (Å²) < 4.78 is 3.36. The van der Waals surface area contributed by atoms with E-state index >= 15 is 0 Å². The van der Waals surface area contributed by atoms with E-state index in [9.17, 15) is 14.9 Å². The molecule has 0 fully saturated rings. The summed E-state index contributed by atoms with van der Waals surface area (Å²) >= 11 is 0. The molecule has 0 saturated heterocycles. The van der Waals surface area contributed by atoms with Gasteiger partial charge in [0.2, 0.25) is 5.91 Å². The minimum Gasteiger partial charge on any atom is -0.356 e. The fourth-order valence-corrected chi connectivity index (χ4v) is 2.46. The van der Waals surface area contributed by atoms with Crippen LogP contribution in [0.5, 0.6) is 0 Å². The predicted molar refractivity (Wildman–Crippen MR) is 87.6 cm³/mol. The zero-order valence-corrected chi connectivity index (χ0v) is 14.2. The lowest BCUT2D eigenvalue weighted by atomic mass is 10.3. The van der Waals surface area contributed by atoms with Crippen LogP contribution < -0.4 is 5.32 Å². The van der Waals surface area contributed by atoms with Gasteiger partial charge in [0.1, 0.15) is 11.9 Å². The summed E-state index contributed by atoms with van der Waals surface area (Å²) in [5.74, 6) is -0.0980. The van der Waals surface area contributed by atoms with Crippen molar-refractivity contribution in [2.24, 2.45) is 0 Å². The van der Waals surface area contributed by atoms with E-state index in [1.165, 1.54) is 10.9 Å². The summed E-state index contributed by atoms with van der Waals surface area (Å²) in [7, 11) is 0. The SMILES string of the molecule is Cc1cc(C)n(CCCNC(=O)CCn2cc([N+](=O)[O-])c(C)n2)n1. The van der Waals surface area contributed by atoms with Gasteiger partial charge in [0, 0.05) is 31.7 Å². The van der Waals surface area contributed by atoms with Gasteiger partial charge in [-0.3, -0.25) is 24.3 Å². The van der Waals surface area contributed by atoms with E-state index in [0.717, 1.165) is 24.4 Å². The molecular formula is C15H22N6O3. The van der Waals surface area contributed by atoms with Gasteiger partial charge in [-0.15, -0.1) is 0 Å². The van der Waals surface area contributed by atoms with Gasteiger partial charge in [-0.1, -0.05) is 0 Å². The third kappa shape index (κ3) is 4.64. The standard InChI is InChI=1S/C15H22N6O3/c1-11-9-12(2)20(17-11)7-4-6-16-15(22)5-8-19-10-14(21(23)24)13(3)18-19/h9-10H,4-8H2,1-3H3,(H,16,22). The number of hydrogen-bond donors (Lipinski definition) is 1. The first-order valence-electron chi connectivity index (χ1n) is 7.83. The van der Waals surface area contributed by atoms with Gasteiger partial charge in [-0.25, -0.2) is 0 Å². The lowest BCUT2D eigenvalue weighted by Crippen LogP contribution is -2.26. The summed E-state index contributed by atoms with van der Waals surface area (Å²) in [5.41, 5.74) is 2.42. The highest BCUT2D eigenvalue weighted by Crippen LogP contribution is 2.15. The van der Waals surface area contributed by atoms with Crippen molar-refractivity contribution < 1.29 is 9.72 Å². The molecule has 0 spiro atoms. The first-order valence-corrected chi connectivity index (χ1v) is 7.83. The smallest absolute Gasteiger partial charge is 0.309 e. The molecule has 0 bridgehead atoms. The molecule has 1 N–H and O–H groups in total. The number of rotatable bonds is 8. The van der Waals surface area contributed by atoms with Crippen molar-refractivity contribution in [3.63, 3.8) is 0 Å². The summed E-state index contributed by atoms with van der Waals surface area (Å²) in [5, 5.41) is 22.0. The second-order valence-electron chi connectivity index (χ2n) is 5.72. The highest BCUT2D eigenvalue weighted by molar-refractivity contribution is 5.75. The Bertz CT molecular complexity index is 734. The number of nitro groups is 1. The molecule has 9 heteroatoms. The molecule has 0 aliphatic rings. The van der Waals surface area contributed by atoms with E-state index < -0.39 is 4.92 Å². The van der Waals surface area contributed by atoms with Crippen LogP contribution in [0.1, 0.15) is 29.9 Å². The Kier molecular flexibility index (Phi) is 5.67. The van der Waals surface area contributed by atoms with Crippen LogP contribution in [0.3, 0.4) is 0 Å². The van der Waals surface area contributed by atoms with Crippen LogP contribution in [-0.4, -0.2) is 36.9 Å². The molecule has 2 aromatic rings. The van der Waals surface area contributed by atoms with Crippen molar-refractivity contribution in [2.75, 3.05) is 6.54 Å². The molecule has 2 rings (SSSR count). The van der Waals surface area contributed by atoms with Gasteiger partial charge in [0.05, 0.1) is 10.6 Å². The lowest BCUT2D eigenvalue weighted by molar-refractivity contribution is -0.385. The van der Waals surface area contributed by atoms with E-state index in [-0.39, 0.29) is 18.0 Å². The molecular weight excluding hydrogens is 312 g/mol. The maximum Gasteiger partial charge on any atom is 0.309 e. The van der Waals surface area contributed by atoms with Gasteiger partial charge in [-0.2, -0.15) is 10.2 Å². The number of nitrogens with zero attached hydrogens (tertiary/aromatic N) is 5. The Morgan fingerprint density at radius 2 is 2.04 bits per heavy atom. The predicted octanol–water partition coefficient (Wildman–Crippen LogP) is 1.51. The summed E-state index contributed by atoms with van der Waals surface area (Å²) in [6.45, 7) is 7.17. The molecule has 2 aromatic heterocycles. The molecule has 130 valence electrons. The van der Waals surface area contributed by atoms with Gasteiger partial charge < -0.3 is 5.32 Å². The number of carbonyl (C=O) groups is 1. The van der Waals surface area contributed by atoms with E-state index in [4.69, 9.17) is 0 Å². The number of amides is 1. The molecule has 2 heterocycles. The molecule has 0 atom stereocenters. The average molecular weight is 334 g/mol. The summed E-state index contributed by atoms with van der Waals surface area (Å²) in [4.78, 5) is 22.1. The van der Waals surface area contributed by atoms with Crippen LogP contribution in [0.2, 0.25) is 0 Å². The van der Waals surface area contributed by atoms with Crippen molar-refractivity contribution in [3.05, 3.63) is 39.5 Å². The quantitative estimate of drug-likeness (QED) is 0.447. The third-order valence-corrected chi connectivity index (χ3v) is 3.66. The molecule has 1 amide bonds. The normalized spacial score (nSPS) is 10.8. The number of aromatic nitrogens is 4. The minimum absolute atomic E-state index is 0.0275. The minimum atomic E-state index is -0.474. The van der Waals surface area contributed by atoms with Gasteiger partial charge in [-0.05, 0) is 33.3 Å². The van der Waals surface area contributed by atoms with E-state index in [1.54, 1.807) is 6.92 Å². The average Bonchev–Trinajstić information content (AvgIpc) is 3.03. The molecule has 0 unspecified atom stereocenters. The lowest BCUT2D eigenvalue weighted by Gasteiger charge is -2.07. The van der Waals surface area contributed by atoms with E-state index in [0.29, 0.717) is 18.8 Å². The summed E-state index contributed by atoms with van der Waals surface area (Å²) in [6.07, 6.45) is 2.38. The van der Waals surface area contributed by atoms with Gasteiger partial charge >= 0.3 is 5.69 Å². The molecule has 9 nitrogen and oxygen atoms in total. The van der Waals surface area contributed by atoms with Crippen LogP contribution in [0, 0.1) is 30.9 Å². The second-order valence-corrected chi connectivity index (χ2v) is 5.72. The van der Waals surface area contributed by atoms with Crippen LogP contribution in [0.25, 0.3) is 0 Å². The number of nitrogens with one attached hydrogen (secondary N) is 1. The Morgan fingerprint density at radius 3 is 2.62 bits per heavy atom. The zero-order chi connectivity index (χ0) is 17.7. The molecule has 24 heavy (non-hydrogen) atoms. The molecule has 0 saturated carbocycles. The Hall–Kier alpha value is -2.71. The number of carbonyl (C=O) groups excluding carboxylic acids is 1.